The molecule has 174 valence electrons. The Morgan fingerprint density at radius 2 is 1.85 bits per heavy atom. The fourth-order valence-electron chi connectivity index (χ4n) is 4.91. The maximum Gasteiger partial charge on any atom is 0.217 e. The van der Waals surface area contributed by atoms with Crippen LogP contribution in [0, 0.1) is 19.9 Å². The third kappa shape index (κ3) is 3.69. The fourth-order valence-corrected chi connectivity index (χ4v) is 4.91. The molecule has 1 unspecified atom stereocenters. The first-order valence-electron chi connectivity index (χ1n) is 11.1. The molecular weight excluding hydrogens is 607 g/mol. The smallest absolute Gasteiger partial charge is 0.217 e. The number of rotatable bonds is 3. The van der Waals surface area contributed by atoms with Gasteiger partial charge in [0.15, 0.2) is 0 Å². The van der Waals surface area contributed by atoms with E-state index >= 15 is 0 Å². The van der Waals surface area contributed by atoms with Gasteiger partial charge in [-0.05, 0) is 48.7 Å². The summed E-state index contributed by atoms with van der Waals surface area (Å²) in [6, 6.07) is 23.0. The van der Waals surface area contributed by atoms with Crippen LogP contribution < -0.4 is 4.74 Å². The molecule has 2 aliphatic rings. The van der Waals surface area contributed by atoms with E-state index < -0.39 is 0 Å². The van der Waals surface area contributed by atoms with Crippen LogP contribution in [0.1, 0.15) is 34.7 Å². The Bertz CT molecular complexity index is 1470. The van der Waals surface area contributed by atoms with E-state index in [1.165, 1.54) is 11.1 Å². The number of pyridine rings is 1. The normalized spacial score (nSPS) is 20.2. The second kappa shape index (κ2) is 8.25. The molecule has 2 heterocycles. The summed E-state index contributed by atoms with van der Waals surface area (Å²) in [7, 11) is 0. The summed E-state index contributed by atoms with van der Waals surface area (Å²) < 4.78 is 12.4. The molecule has 6 rings (SSSR count). The Balaban J connectivity index is 0.00000241. The zero-order valence-corrected chi connectivity index (χ0v) is 21.3. The van der Waals surface area contributed by atoms with Gasteiger partial charge in [-0.1, -0.05) is 48.9 Å². The van der Waals surface area contributed by atoms with Gasteiger partial charge in [-0.2, -0.15) is 0 Å². The molecular formula is C28H23N2O3Pt-. The number of hydrogen-bond acceptors (Lipinski definition) is 5. The molecule has 0 spiro atoms. The number of aromatic nitrogens is 1. The number of fused-ring (bicyclic) bond motifs is 4. The molecule has 4 aromatic rings. The molecule has 0 saturated carbocycles. The number of aryl methyl sites for hydroxylation is 2. The molecule has 3 aromatic carbocycles. The average Bonchev–Trinajstić information content (AvgIpc) is 3.24. The van der Waals surface area contributed by atoms with E-state index in [2.05, 4.69) is 42.2 Å². The molecule has 1 aromatic heterocycles. The van der Waals surface area contributed by atoms with Crippen molar-refractivity contribution in [3.05, 3.63) is 94.5 Å². The van der Waals surface area contributed by atoms with Crippen LogP contribution in [-0.2, 0) is 37.8 Å². The van der Waals surface area contributed by atoms with Gasteiger partial charge in [0.25, 0.3) is 0 Å². The predicted octanol–water partition coefficient (Wildman–Crippen LogP) is 5.76. The summed E-state index contributed by atoms with van der Waals surface area (Å²) in [5.74, 6) is 1.64. The minimum Gasteiger partial charge on any atom is -0.514 e. The molecule has 34 heavy (non-hydrogen) atoms. The van der Waals surface area contributed by atoms with Crippen molar-refractivity contribution in [2.45, 2.75) is 38.8 Å². The Kier molecular flexibility index (Phi) is 5.48. The summed E-state index contributed by atoms with van der Waals surface area (Å²) in [5, 5.41) is 11.2. The number of aromatic hydroxyl groups is 1. The largest absolute Gasteiger partial charge is 0.514 e. The molecule has 1 N–H and O–H groups in total. The number of hydrogen-bond donors (Lipinski definition) is 1. The zero-order chi connectivity index (χ0) is 22.7. The maximum atomic E-state index is 10.3. The number of nitrogens with zero attached hydrogens (tertiary/aromatic N) is 2. The number of aliphatic imine (C=N–C) groups is 1. The fraction of sp³-hybridized carbons (Fsp3) is 0.214. The van der Waals surface area contributed by atoms with Gasteiger partial charge in [-0.3, -0.25) is 4.99 Å². The third-order valence-electron chi connectivity index (χ3n) is 6.51. The van der Waals surface area contributed by atoms with E-state index in [-0.39, 0.29) is 38.5 Å². The molecule has 0 fully saturated rings. The van der Waals surface area contributed by atoms with Gasteiger partial charge >= 0.3 is 0 Å². The Hall–Kier alpha value is -3.17. The van der Waals surface area contributed by atoms with E-state index in [1.807, 2.05) is 38.1 Å². The topological polar surface area (TPSA) is 63.9 Å². The summed E-state index contributed by atoms with van der Waals surface area (Å²) in [6.07, 6.45) is 0.829. The molecule has 5 nitrogen and oxygen atoms in total. The van der Waals surface area contributed by atoms with Crippen LogP contribution in [0.4, 0.5) is 0 Å². The quantitative estimate of drug-likeness (QED) is 0.293. The van der Waals surface area contributed by atoms with Gasteiger partial charge in [-0.25, -0.2) is 4.98 Å². The molecule has 1 aliphatic heterocycles. The van der Waals surface area contributed by atoms with Gasteiger partial charge in [0.2, 0.25) is 5.88 Å². The second-order valence-corrected chi connectivity index (χ2v) is 9.08. The first-order valence-corrected chi connectivity index (χ1v) is 11.1. The first-order chi connectivity index (χ1) is 15.9. The molecule has 0 radical (unpaired) electrons. The molecule has 0 saturated heterocycles. The Morgan fingerprint density at radius 3 is 2.71 bits per heavy atom. The Labute approximate surface area is 212 Å². The van der Waals surface area contributed by atoms with E-state index in [4.69, 9.17) is 14.5 Å². The van der Waals surface area contributed by atoms with Crippen LogP contribution in [-0.4, -0.2) is 22.1 Å². The van der Waals surface area contributed by atoms with Crippen molar-refractivity contribution in [2.75, 3.05) is 0 Å². The molecule has 6 heteroatoms. The SMILES string of the molecule is Cc1cc(Oc2ccc3cc(C)cc(O)c3n2)[c-]c(C2=N[C@@]3(C)c4ccccc4CC3O2)c1.[Pt]. The molecule has 0 bridgehead atoms. The van der Waals surface area contributed by atoms with Crippen LogP contribution in [0.5, 0.6) is 17.4 Å². The van der Waals surface area contributed by atoms with Crippen LogP contribution in [0.15, 0.2) is 65.7 Å². The number of phenolic OH excluding ortho intramolecular Hbond substituents is 1. The van der Waals surface area contributed by atoms with Gasteiger partial charge in [-0.15, -0.1) is 11.6 Å². The first kappa shape index (κ1) is 22.6. The van der Waals surface area contributed by atoms with Crippen molar-refractivity contribution in [2.24, 2.45) is 4.99 Å². The standard InChI is InChI=1S/C28H23N2O3.Pt/c1-16-11-20(27-30-28(3)22-7-5-4-6-18(22)15-24(28)33-27)14-21(12-16)32-25-9-8-19-10-17(2)13-23(31)26(19)29-25;/h4-13,24,31H,15H2,1-3H3;/q-1;/t24?,28-;/m0./s1. The number of ether oxygens (including phenoxy) is 2. The number of benzene rings is 3. The second-order valence-electron chi connectivity index (χ2n) is 9.08. The van der Waals surface area contributed by atoms with E-state index in [9.17, 15) is 5.11 Å². The van der Waals surface area contributed by atoms with Crippen LogP contribution in [0.2, 0.25) is 0 Å². The van der Waals surface area contributed by atoms with Gasteiger partial charge in [0.1, 0.15) is 28.8 Å². The van der Waals surface area contributed by atoms with E-state index in [1.54, 1.807) is 12.1 Å². The molecule has 0 amide bonds. The molecule has 1 aliphatic carbocycles. The van der Waals surface area contributed by atoms with Crippen molar-refractivity contribution in [3.63, 3.8) is 0 Å². The van der Waals surface area contributed by atoms with E-state index in [0.29, 0.717) is 23.0 Å². The monoisotopic (exact) mass is 630 g/mol. The van der Waals surface area contributed by atoms with Crippen molar-refractivity contribution in [3.8, 4) is 17.4 Å². The number of phenols is 1. The van der Waals surface area contributed by atoms with Crippen LogP contribution >= 0.6 is 0 Å². The Morgan fingerprint density at radius 1 is 1.06 bits per heavy atom. The van der Waals surface area contributed by atoms with Crippen LogP contribution in [0.25, 0.3) is 10.9 Å². The minimum atomic E-state index is -0.389. The van der Waals surface area contributed by atoms with Gasteiger partial charge in [0, 0.05) is 44.7 Å². The summed E-state index contributed by atoms with van der Waals surface area (Å²) in [5.41, 5.74) is 5.39. The summed E-state index contributed by atoms with van der Waals surface area (Å²) in [4.78, 5) is 9.50. The van der Waals surface area contributed by atoms with E-state index in [0.717, 1.165) is 28.5 Å². The van der Waals surface area contributed by atoms with Crippen LogP contribution in [0.3, 0.4) is 0 Å². The third-order valence-corrected chi connectivity index (χ3v) is 6.51. The van der Waals surface area contributed by atoms with Gasteiger partial charge < -0.3 is 14.6 Å². The minimum absolute atomic E-state index is 0. The summed E-state index contributed by atoms with van der Waals surface area (Å²) in [6.45, 7) is 6.07. The van der Waals surface area contributed by atoms with Crippen molar-refractivity contribution >= 4 is 16.8 Å². The zero-order valence-electron chi connectivity index (χ0n) is 19.0. The van der Waals surface area contributed by atoms with Gasteiger partial charge in [0.05, 0.1) is 0 Å². The van der Waals surface area contributed by atoms with Crippen molar-refractivity contribution in [1.29, 1.82) is 0 Å². The predicted molar refractivity (Wildman–Crippen MR) is 127 cm³/mol. The molecule has 2 atom stereocenters. The summed E-state index contributed by atoms with van der Waals surface area (Å²) >= 11 is 0. The average molecular weight is 631 g/mol. The maximum absolute atomic E-state index is 10.3. The van der Waals surface area contributed by atoms with Crippen molar-refractivity contribution < 1.29 is 35.6 Å². The van der Waals surface area contributed by atoms with Crippen molar-refractivity contribution in [1.82, 2.24) is 4.98 Å².